The lowest BCUT2D eigenvalue weighted by Crippen LogP contribution is -2.14. The van der Waals surface area contributed by atoms with Crippen molar-refractivity contribution >= 4 is 39.1 Å². The standard InChI is InChI=1S/C13H9BrClFN2O/c1-7-11(4-5-12(15)17-7)18-13(19)9-3-2-8(14)6-10(9)16/h2-6H,1H3,(H,18,19). The predicted molar refractivity (Wildman–Crippen MR) is 76.0 cm³/mol. The molecular weight excluding hydrogens is 335 g/mol. The van der Waals surface area contributed by atoms with E-state index >= 15 is 0 Å². The summed E-state index contributed by atoms with van der Waals surface area (Å²) >= 11 is 8.86. The van der Waals surface area contributed by atoms with Gasteiger partial charge >= 0.3 is 0 Å². The Bertz CT molecular complexity index is 649. The van der Waals surface area contributed by atoms with Crippen molar-refractivity contribution in [3.05, 3.63) is 57.0 Å². The van der Waals surface area contributed by atoms with Crippen molar-refractivity contribution in [1.29, 1.82) is 0 Å². The Kier molecular flexibility index (Phi) is 4.17. The molecule has 0 fully saturated rings. The molecule has 0 radical (unpaired) electrons. The monoisotopic (exact) mass is 342 g/mol. The number of rotatable bonds is 2. The van der Waals surface area contributed by atoms with Gasteiger partial charge in [-0.1, -0.05) is 27.5 Å². The van der Waals surface area contributed by atoms with Crippen LogP contribution in [0.3, 0.4) is 0 Å². The second-order valence-corrected chi connectivity index (χ2v) is 5.15. The predicted octanol–water partition coefficient (Wildman–Crippen LogP) is 4.20. The summed E-state index contributed by atoms with van der Waals surface area (Å²) in [6, 6.07) is 7.43. The molecule has 98 valence electrons. The maximum Gasteiger partial charge on any atom is 0.258 e. The average molecular weight is 344 g/mol. The van der Waals surface area contributed by atoms with Crippen LogP contribution in [0.5, 0.6) is 0 Å². The van der Waals surface area contributed by atoms with Gasteiger partial charge in [0.25, 0.3) is 5.91 Å². The van der Waals surface area contributed by atoms with Gasteiger partial charge in [0, 0.05) is 4.47 Å². The molecule has 1 N–H and O–H groups in total. The Morgan fingerprint density at radius 3 is 2.74 bits per heavy atom. The van der Waals surface area contributed by atoms with Crippen LogP contribution in [0.25, 0.3) is 0 Å². The first-order valence-corrected chi connectivity index (χ1v) is 6.54. The van der Waals surface area contributed by atoms with Crippen LogP contribution in [0.1, 0.15) is 16.1 Å². The van der Waals surface area contributed by atoms with Crippen LogP contribution in [0.2, 0.25) is 5.15 Å². The molecule has 0 saturated carbocycles. The largest absolute Gasteiger partial charge is 0.320 e. The first-order valence-electron chi connectivity index (χ1n) is 5.37. The van der Waals surface area contributed by atoms with Crippen LogP contribution < -0.4 is 5.32 Å². The van der Waals surface area contributed by atoms with Gasteiger partial charge in [-0.3, -0.25) is 4.79 Å². The fourth-order valence-electron chi connectivity index (χ4n) is 1.53. The first-order chi connectivity index (χ1) is 8.97. The van der Waals surface area contributed by atoms with Crippen LogP contribution in [0, 0.1) is 12.7 Å². The molecule has 0 saturated heterocycles. The molecule has 0 bridgehead atoms. The molecule has 1 amide bonds. The molecule has 1 aromatic heterocycles. The number of carbonyl (C=O) groups excluding carboxylic acids is 1. The van der Waals surface area contributed by atoms with Crippen LogP contribution in [-0.4, -0.2) is 10.9 Å². The molecule has 1 heterocycles. The number of aryl methyl sites for hydroxylation is 1. The third-order valence-corrected chi connectivity index (χ3v) is 3.18. The molecule has 0 aliphatic carbocycles. The zero-order chi connectivity index (χ0) is 14.0. The zero-order valence-electron chi connectivity index (χ0n) is 9.88. The van der Waals surface area contributed by atoms with Crippen molar-refractivity contribution in [1.82, 2.24) is 4.98 Å². The third-order valence-electron chi connectivity index (χ3n) is 2.48. The highest BCUT2D eigenvalue weighted by Gasteiger charge is 2.13. The van der Waals surface area contributed by atoms with Gasteiger partial charge in [0.05, 0.1) is 16.9 Å². The minimum absolute atomic E-state index is 0.0300. The summed E-state index contributed by atoms with van der Waals surface area (Å²) in [5.74, 6) is -1.12. The van der Waals surface area contributed by atoms with Crippen molar-refractivity contribution < 1.29 is 9.18 Å². The van der Waals surface area contributed by atoms with Gasteiger partial charge in [-0.15, -0.1) is 0 Å². The van der Waals surface area contributed by atoms with Crippen LogP contribution >= 0.6 is 27.5 Å². The highest BCUT2D eigenvalue weighted by Crippen LogP contribution is 2.19. The number of carbonyl (C=O) groups is 1. The number of benzene rings is 1. The molecule has 0 spiro atoms. The molecule has 3 nitrogen and oxygen atoms in total. The van der Waals surface area contributed by atoms with Gasteiger partial charge in [0.2, 0.25) is 0 Å². The molecule has 6 heteroatoms. The smallest absolute Gasteiger partial charge is 0.258 e. The van der Waals surface area contributed by atoms with Crippen molar-refractivity contribution in [3.63, 3.8) is 0 Å². The normalized spacial score (nSPS) is 10.3. The average Bonchev–Trinajstić information content (AvgIpc) is 2.32. The molecule has 0 unspecified atom stereocenters. The van der Waals surface area contributed by atoms with E-state index < -0.39 is 11.7 Å². The minimum Gasteiger partial charge on any atom is -0.320 e. The molecule has 0 atom stereocenters. The van der Waals surface area contributed by atoms with Gasteiger partial charge in [-0.25, -0.2) is 9.37 Å². The molecule has 0 aliphatic rings. The quantitative estimate of drug-likeness (QED) is 0.831. The summed E-state index contributed by atoms with van der Waals surface area (Å²) in [7, 11) is 0. The lowest BCUT2D eigenvalue weighted by atomic mass is 10.2. The lowest BCUT2D eigenvalue weighted by Gasteiger charge is -2.08. The number of anilines is 1. The Morgan fingerprint density at radius 2 is 2.11 bits per heavy atom. The zero-order valence-corrected chi connectivity index (χ0v) is 12.2. The van der Waals surface area contributed by atoms with E-state index in [4.69, 9.17) is 11.6 Å². The van der Waals surface area contributed by atoms with E-state index in [-0.39, 0.29) is 5.56 Å². The van der Waals surface area contributed by atoms with E-state index in [0.29, 0.717) is 21.0 Å². The Labute approximate surface area is 122 Å². The second-order valence-electron chi connectivity index (χ2n) is 3.85. The fraction of sp³-hybridized carbons (Fsp3) is 0.0769. The molecule has 1 aromatic carbocycles. The topological polar surface area (TPSA) is 42.0 Å². The number of nitrogens with zero attached hydrogens (tertiary/aromatic N) is 1. The number of nitrogens with one attached hydrogen (secondary N) is 1. The van der Waals surface area contributed by atoms with Gasteiger partial charge < -0.3 is 5.32 Å². The summed E-state index contributed by atoms with van der Waals surface area (Å²) in [5.41, 5.74) is 1.03. The number of hydrogen-bond donors (Lipinski definition) is 1. The Morgan fingerprint density at radius 1 is 1.37 bits per heavy atom. The summed E-state index contributed by atoms with van der Waals surface area (Å²) < 4.78 is 14.2. The van der Waals surface area contributed by atoms with E-state index in [0.717, 1.165) is 0 Å². The van der Waals surface area contributed by atoms with E-state index in [1.807, 2.05) is 0 Å². The Hall–Kier alpha value is -1.46. The van der Waals surface area contributed by atoms with Crippen molar-refractivity contribution in [3.8, 4) is 0 Å². The fourth-order valence-corrected chi connectivity index (χ4v) is 2.05. The number of pyridine rings is 1. The summed E-state index contributed by atoms with van der Waals surface area (Å²) in [6.45, 7) is 1.71. The van der Waals surface area contributed by atoms with E-state index in [1.54, 1.807) is 25.1 Å². The second kappa shape index (κ2) is 5.67. The maximum atomic E-state index is 13.6. The van der Waals surface area contributed by atoms with Crippen molar-refractivity contribution in [2.45, 2.75) is 6.92 Å². The SMILES string of the molecule is Cc1nc(Cl)ccc1NC(=O)c1ccc(Br)cc1F. The maximum absolute atomic E-state index is 13.6. The molecular formula is C13H9BrClFN2O. The highest BCUT2D eigenvalue weighted by molar-refractivity contribution is 9.10. The van der Waals surface area contributed by atoms with Crippen molar-refractivity contribution in [2.24, 2.45) is 0 Å². The number of amides is 1. The molecule has 2 aromatic rings. The van der Waals surface area contributed by atoms with Gasteiger partial charge in [-0.2, -0.15) is 0 Å². The summed E-state index contributed by atoms with van der Waals surface area (Å²) in [4.78, 5) is 16.0. The van der Waals surface area contributed by atoms with Crippen molar-refractivity contribution in [2.75, 3.05) is 5.32 Å². The third kappa shape index (κ3) is 3.30. The van der Waals surface area contributed by atoms with Crippen LogP contribution in [0.4, 0.5) is 10.1 Å². The first kappa shape index (κ1) is 14.0. The summed E-state index contributed by atoms with van der Waals surface area (Å²) in [5, 5.41) is 2.94. The summed E-state index contributed by atoms with van der Waals surface area (Å²) in [6.07, 6.45) is 0. The molecule has 0 aliphatic heterocycles. The van der Waals surface area contributed by atoms with E-state index in [1.165, 1.54) is 12.1 Å². The van der Waals surface area contributed by atoms with E-state index in [9.17, 15) is 9.18 Å². The van der Waals surface area contributed by atoms with E-state index in [2.05, 4.69) is 26.2 Å². The molecule has 2 rings (SSSR count). The lowest BCUT2D eigenvalue weighted by molar-refractivity contribution is 0.102. The number of aromatic nitrogens is 1. The van der Waals surface area contributed by atoms with Crippen LogP contribution in [-0.2, 0) is 0 Å². The van der Waals surface area contributed by atoms with Gasteiger partial charge in [0.1, 0.15) is 11.0 Å². The number of hydrogen-bond acceptors (Lipinski definition) is 2. The Balaban J connectivity index is 2.25. The van der Waals surface area contributed by atoms with Gasteiger partial charge in [-0.05, 0) is 37.3 Å². The minimum atomic E-state index is -0.591. The molecule has 19 heavy (non-hydrogen) atoms. The van der Waals surface area contributed by atoms with Gasteiger partial charge in [0.15, 0.2) is 0 Å². The highest BCUT2D eigenvalue weighted by atomic mass is 79.9. The number of halogens is 3. The van der Waals surface area contributed by atoms with Crippen LogP contribution in [0.15, 0.2) is 34.8 Å².